The van der Waals surface area contributed by atoms with Gasteiger partial charge in [-0.25, -0.2) is 4.98 Å². The predicted octanol–water partition coefficient (Wildman–Crippen LogP) is 3.10. The average molecular weight is 345 g/mol. The molecule has 0 bridgehead atoms. The predicted molar refractivity (Wildman–Crippen MR) is 98.0 cm³/mol. The molecule has 0 atom stereocenters. The summed E-state index contributed by atoms with van der Waals surface area (Å²) in [5.74, 6) is 0.789. The molecule has 24 heavy (non-hydrogen) atoms. The van der Waals surface area contributed by atoms with Gasteiger partial charge in [0, 0.05) is 17.0 Å². The van der Waals surface area contributed by atoms with Gasteiger partial charge in [-0.05, 0) is 59.1 Å². The smallest absolute Gasteiger partial charge is 0.265 e. The van der Waals surface area contributed by atoms with E-state index in [1.165, 1.54) is 4.88 Å². The Morgan fingerprint density at radius 1 is 1.33 bits per heavy atom. The fourth-order valence-electron chi connectivity index (χ4n) is 2.94. The third-order valence-corrected chi connectivity index (χ3v) is 4.95. The van der Waals surface area contributed by atoms with Crippen LogP contribution in [0.2, 0.25) is 0 Å². The van der Waals surface area contributed by atoms with Crippen LogP contribution in [-0.2, 0) is 4.79 Å². The third kappa shape index (κ3) is 3.44. The van der Waals surface area contributed by atoms with Gasteiger partial charge < -0.3 is 14.5 Å². The molecule has 1 aromatic heterocycles. The van der Waals surface area contributed by atoms with E-state index in [-0.39, 0.29) is 12.5 Å². The number of anilines is 1. The molecule has 1 aliphatic heterocycles. The fourth-order valence-corrected chi connectivity index (χ4v) is 3.78. The Labute approximate surface area is 146 Å². The summed E-state index contributed by atoms with van der Waals surface area (Å²) in [4.78, 5) is 22.1. The molecule has 6 heteroatoms. The van der Waals surface area contributed by atoms with Crippen LogP contribution in [0.3, 0.4) is 0 Å². The zero-order chi connectivity index (χ0) is 17.3. The number of hydrogen-bond acceptors (Lipinski definition) is 5. The van der Waals surface area contributed by atoms with Gasteiger partial charge in [0.15, 0.2) is 6.61 Å². The quantitative estimate of drug-likeness (QED) is 0.835. The molecule has 0 spiro atoms. The van der Waals surface area contributed by atoms with Gasteiger partial charge in [-0.2, -0.15) is 0 Å². The largest absolute Gasteiger partial charge is 0.482 e. The molecule has 0 aliphatic carbocycles. The number of nitrogens with zero attached hydrogens (tertiary/aromatic N) is 3. The van der Waals surface area contributed by atoms with E-state index in [1.807, 2.05) is 44.1 Å². The first kappa shape index (κ1) is 16.9. The van der Waals surface area contributed by atoms with Gasteiger partial charge in [0.1, 0.15) is 5.75 Å². The zero-order valence-corrected chi connectivity index (χ0v) is 15.4. The summed E-state index contributed by atoms with van der Waals surface area (Å²) in [7, 11) is 4.08. The van der Waals surface area contributed by atoms with Gasteiger partial charge in [-0.3, -0.25) is 4.79 Å². The van der Waals surface area contributed by atoms with Crippen molar-refractivity contribution in [2.75, 3.05) is 38.7 Å². The Kier molecular flexibility index (Phi) is 4.87. The van der Waals surface area contributed by atoms with Crippen molar-refractivity contribution in [3.05, 3.63) is 28.1 Å². The van der Waals surface area contributed by atoms with E-state index in [0.717, 1.165) is 40.7 Å². The van der Waals surface area contributed by atoms with E-state index in [4.69, 9.17) is 4.74 Å². The van der Waals surface area contributed by atoms with Crippen LogP contribution < -0.4 is 9.64 Å². The topological polar surface area (TPSA) is 45.7 Å². The zero-order valence-electron chi connectivity index (χ0n) is 14.6. The van der Waals surface area contributed by atoms with E-state index in [2.05, 4.69) is 16.8 Å². The molecule has 0 saturated carbocycles. The Bertz CT molecular complexity index is 755. The lowest BCUT2D eigenvalue weighted by Gasteiger charge is -2.30. The van der Waals surface area contributed by atoms with Crippen molar-refractivity contribution in [1.29, 1.82) is 0 Å². The van der Waals surface area contributed by atoms with Crippen molar-refractivity contribution in [1.82, 2.24) is 9.88 Å². The van der Waals surface area contributed by atoms with Crippen LogP contribution in [-0.4, -0.2) is 49.6 Å². The first-order chi connectivity index (χ1) is 11.5. The molecular weight excluding hydrogens is 322 g/mol. The number of fused-ring (bicyclic) bond motifs is 1. The van der Waals surface area contributed by atoms with Crippen molar-refractivity contribution in [3.8, 4) is 17.0 Å². The summed E-state index contributed by atoms with van der Waals surface area (Å²) >= 11 is 1.69. The second-order valence-electron chi connectivity index (χ2n) is 6.31. The highest BCUT2D eigenvalue weighted by Gasteiger charge is 2.26. The fraction of sp³-hybridized carbons (Fsp3) is 0.444. The Morgan fingerprint density at radius 3 is 2.79 bits per heavy atom. The highest BCUT2D eigenvalue weighted by atomic mass is 32.1. The number of thiazole rings is 1. The maximum absolute atomic E-state index is 12.3. The summed E-state index contributed by atoms with van der Waals surface area (Å²) in [5, 5.41) is 1.05. The van der Waals surface area contributed by atoms with E-state index in [9.17, 15) is 4.79 Å². The number of carbonyl (C=O) groups is 1. The van der Waals surface area contributed by atoms with Crippen LogP contribution in [0.4, 0.5) is 5.69 Å². The summed E-state index contributed by atoms with van der Waals surface area (Å²) in [6.45, 7) is 5.86. The van der Waals surface area contributed by atoms with E-state index in [1.54, 1.807) is 11.3 Å². The lowest BCUT2D eigenvalue weighted by atomic mass is 10.1. The first-order valence-electron chi connectivity index (χ1n) is 8.12. The number of ether oxygens (including phenoxy) is 1. The minimum Gasteiger partial charge on any atom is -0.482 e. The van der Waals surface area contributed by atoms with Crippen molar-refractivity contribution >= 4 is 22.9 Å². The van der Waals surface area contributed by atoms with E-state index < -0.39 is 0 Å². The van der Waals surface area contributed by atoms with Crippen molar-refractivity contribution in [2.24, 2.45) is 0 Å². The molecule has 5 nitrogen and oxygen atoms in total. The molecule has 128 valence electrons. The Morgan fingerprint density at radius 2 is 2.12 bits per heavy atom. The molecule has 0 radical (unpaired) electrons. The lowest BCUT2D eigenvalue weighted by molar-refractivity contribution is -0.121. The molecule has 1 amide bonds. The van der Waals surface area contributed by atoms with Crippen LogP contribution in [0.15, 0.2) is 18.2 Å². The highest BCUT2D eigenvalue weighted by molar-refractivity contribution is 7.11. The van der Waals surface area contributed by atoms with Crippen LogP contribution in [0.1, 0.15) is 16.3 Å². The van der Waals surface area contributed by atoms with Gasteiger partial charge in [-0.15, -0.1) is 11.3 Å². The summed E-state index contributed by atoms with van der Waals surface area (Å²) < 4.78 is 5.60. The van der Waals surface area contributed by atoms with Crippen LogP contribution >= 0.6 is 11.3 Å². The normalized spacial score (nSPS) is 14.0. The van der Waals surface area contributed by atoms with Crippen molar-refractivity contribution in [3.63, 3.8) is 0 Å². The molecular formula is C18H23N3O2S. The standard InChI is InChI=1S/C18H23N3O2S/c1-12-18(19-13(2)24-12)14-6-7-16-15(10-14)21(17(22)11-23-16)9-5-8-20(3)4/h6-7,10H,5,8-9,11H2,1-4H3. The number of rotatable bonds is 5. The molecule has 0 unspecified atom stereocenters. The van der Waals surface area contributed by atoms with E-state index >= 15 is 0 Å². The Hall–Kier alpha value is -1.92. The number of carbonyl (C=O) groups excluding carboxylic acids is 1. The van der Waals surface area contributed by atoms with E-state index in [0.29, 0.717) is 6.54 Å². The number of hydrogen-bond donors (Lipinski definition) is 0. The Balaban J connectivity index is 1.92. The number of aromatic nitrogens is 1. The second kappa shape index (κ2) is 6.91. The molecule has 0 fully saturated rings. The average Bonchev–Trinajstić information content (AvgIpc) is 2.87. The molecule has 1 aromatic carbocycles. The highest BCUT2D eigenvalue weighted by Crippen LogP contribution is 2.37. The number of benzene rings is 1. The third-order valence-electron chi connectivity index (χ3n) is 4.07. The van der Waals surface area contributed by atoms with Crippen LogP contribution in [0, 0.1) is 13.8 Å². The van der Waals surface area contributed by atoms with Crippen LogP contribution in [0.25, 0.3) is 11.3 Å². The summed E-state index contributed by atoms with van der Waals surface area (Å²) in [6, 6.07) is 6.00. The maximum Gasteiger partial charge on any atom is 0.265 e. The molecule has 0 saturated heterocycles. The van der Waals surface area contributed by atoms with Crippen LogP contribution in [0.5, 0.6) is 5.75 Å². The summed E-state index contributed by atoms with van der Waals surface area (Å²) in [6.07, 6.45) is 0.928. The number of aryl methyl sites for hydroxylation is 2. The second-order valence-corrected chi connectivity index (χ2v) is 7.72. The van der Waals surface area contributed by atoms with Gasteiger partial charge >= 0.3 is 0 Å². The summed E-state index contributed by atoms with van der Waals surface area (Å²) in [5.41, 5.74) is 2.88. The first-order valence-corrected chi connectivity index (χ1v) is 8.93. The molecule has 1 aliphatic rings. The van der Waals surface area contributed by atoms with Crippen molar-refractivity contribution in [2.45, 2.75) is 20.3 Å². The minimum absolute atomic E-state index is 0.0181. The monoisotopic (exact) mass is 345 g/mol. The molecule has 2 heterocycles. The van der Waals surface area contributed by atoms with Gasteiger partial charge in [0.25, 0.3) is 5.91 Å². The maximum atomic E-state index is 12.3. The SMILES string of the molecule is Cc1nc(-c2ccc3c(c2)N(CCCN(C)C)C(=O)CO3)c(C)s1. The lowest BCUT2D eigenvalue weighted by Crippen LogP contribution is -2.40. The molecule has 2 aromatic rings. The molecule has 3 rings (SSSR count). The minimum atomic E-state index is 0.0181. The number of amides is 1. The van der Waals surface area contributed by atoms with Gasteiger partial charge in [-0.1, -0.05) is 0 Å². The van der Waals surface area contributed by atoms with Gasteiger partial charge in [0.05, 0.1) is 16.4 Å². The molecule has 0 N–H and O–H groups in total. The van der Waals surface area contributed by atoms with Crippen molar-refractivity contribution < 1.29 is 9.53 Å². The van der Waals surface area contributed by atoms with Gasteiger partial charge in [0.2, 0.25) is 0 Å².